The van der Waals surface area contributed by atoms with Crippen molar-refractivity contribution in [3.8, 4) is 0 Å². The Morgan fingerprint density at radius 3 is 2.42 bits per heavy atom. The van der Waals surface area contributed by atoms with Crippen molar-refractivity contribution in [2.75, 3.05) is 5.32 Å². The first-order valence-corrected chi connectivity index (χ1v) is 7.17. The lowest BCUT2D eigenvalue weighted by molar-refractivity contribution is 0.625. The molecule has 0 spiro atoms. The topological polar surface area (TPSA) is 12.0 Å². The minimum absolute atomic E-state index is 0.190. The summed E-state index contributed by atoms with van der Waals surface area (Å²) in [6, 6.07) is 13.1. The zero-order valence-corrected chi connectivity index (χ0v) is 12.7. The molecule has 2 aromatic rings. The Morgan fingerprint density at radius 1 is 1.16 bits per heavy atom. The number of halogens is 2. The monoisotopic (exact) mass is 321 g/mol. The fourth-order valence-electron chi connectivity index (χ4n) is 2.00. The van der Waals surface area contributed by atoms with Crippen molar-refractivity contribution in [2.24, 2.45) is 0 Å². The van der Waals surface area contributed by atoms with Crippen LogP contribution in [-0.2, 0) is 0 Å². The lowest BCUT2D eigenvalue weighted by Crippen LogP contribution is -2.09. The van der Waals surface area contributed by atoms with Crippen LogP contribution < -0.4 is 5.32 Å². The maximum absolute atomic E-state index is 13.0. The van der Waals surface area contributed by atoms with Gasteiger partial charge in [0.25, 0.3) is 0 Å². The van der Waals surface area contributed by atoms with Gasteiger partial charge in [-0.05, 0) is 48.7 Å². The van der Waals surface area contributed by atoms with Crippen LogP contribution in [0.1, 0.15) is 30.5 Å². The average Bonchev–Trinajstić information content (AvgIpc) is 2.41. The molecule has 0 amide bonds. The minimum atomic E-state index is -0.198. The minimum Gasteiger partial charge on any atom is -0.378 e. The molecule has 0 saturated carbocycles. The molecule has 2 rings (SSSR count). The Labute approximate surface area is 122 Å². The molecule has 0 aliphatic carbocycles. The Bertz CT molecular complexity index is 551. The fourth-order valence-corrected chi connectivity index (χ4v) is 2.38. The summed E-state index contributed by atoms with van der Waals surface area (Å²) >= 11 is 3.53. The molecule has 0 aliphatic heterocycles. The number of anilines is 1. The summed E-state index contributed by atoms with van der Waals surface area (Å²) in [6.45, 7) is 4.18. The van der Waals surface area contributed by atoms with E-state index in [-0.39, 0.29) is 11.9 Å². The number of rotatable bonds is 4. The van der Waals surface area contributed by atoms with E-state index < -0.39 is 0 Å². The Kier molecular flexibility index (Phi) is 4.59. The normalized spacial score (nSPS) is 12.2. The summed E-state index contributed by atoms with van der Waals surface area (Å²) in [5, 5.41) is 3.48. The van der Waals surface area contributed by atoms with E-state index in [4.69, 9.17) is 0 Å². The van der Waals surface area contributed by atoms with Gasteiger partial charge in [0.05, 0.1) is 6.04 Å². The highest BCUT2D eigenvalue weighted by atomic mass is 79.9. The molecular weight excluding hydrogens is 305 g/mol. The van der Waals surface area contributed by atoms with Gasteiger partial charge in [0.15, 0.2) is 0 Å². The molecule has 0 heterocycles. The van der Waals surface area contributed by atoms with Crippen LogP contribution in [0.4, 0.5) is 10.1 Å². The molecule has 0 aromatic heterocycles. The van der Waals surface area contributed by atoms with Crippen LogP contribution in [0.15, 0.2) is 46.9 Å². The van der Waals surface area contributed by atoms with Crippen molar-refractivity contribution in [3.05, 3.63) is 63.9 Å². The van der Waals surface area contributed by atoms with Crippen LogP contribution in [0.5, 0.6) is 0 Å². The van der Waals surface area contributed by atoms with E-state index in [1.54, 1.807) is 0 Å². The van der Waals surface area contributed by atoms with Crippen molar-refractivity contribution in [1.29, 1.82) is 0 Å². The molecule has 0 fully saturated rings. The van der Waals surface area contributed by atoms with Crippen molar-refractivity contribution in [3.63, 3.8) is 0 Å². The van der Waals surface area contributed by atoms with Gasteiger partial charge in [-0.15, -0.1) is 0 Å². The molecule has 1 N–H and O–H groups in total. The molecule has 19 heavy (non-hydrogen) atoms. The highest BCUT2D eigenvalue weighted by molar-refractivity contribution is 9.10. The molecule has 0 saturated heterocycles. The molecular formula is C16H17BrFN. The largest absolute Gasteiger partial charge is 0.378 e. The SMILES string of the molecule is CCC(Nc1ccc(C)c(Br)c1)c1ccc(F)cc1. The number of nitrogens with one attached hydrogen (secondary N) is 1. The second-order valence-corrected chi connectivity index (χ2v) is 5.48. The first-order chi connectivity index (χ1) is 9.10. The van der Waals surface area contributed by atoms with Crippen LogP contribution in [0.2, 0.25) is 0 Å². The lowest BCUT2D eigenvalue weighted by Gasteiger charge is -2.19. The van der Waals surface area contributed by atoms with Crippen LogP contribution in [0.25, 0.3) is 0 Å². The first kappa shape index (κ1) is 14.1. The van der Waals surface area contributed by atoms with Gasteiger partial charge in [-0.2, -0.15) is 0 Å². The predicted molar refractivity (Wildman–Crippen MR) is 81.9 cm³/mol. The fraction of sp³-hybridized carbons (Fsp3) is 0.250. The van der Waals surface area contributed by atoms with Gasteiger partial charge < -0.3 is 5.32 Å². The Morgan fingerprint density at radius 2 is 1.84 bits per heavy atom. The van der Waals surface area contributed by atoms with E-state index in [0.29, 0.717) is 0 Å². The maximum Gasteiger partial charge on any atom is 0.123 e. The lowest BCUT2D eigenvalue weighted by atomic mass is 10.0. The summed E-state index contributed by atoms with van der Waals surface area (Å²) < 4.78 is 14.0. The van der Waals surface area contributed by atoms with Crippen molar-refractivity contribution < 1.29 is 4.39 Å². The summed E-state index contributed by atoms with van der Waals surface area (Å²) in [5.74, 6) is -0.198. The highest BCUT2D eigenvalue weighted by Gasteiger charge is 2.09. The van der Waals surface area contributed by atoms with Gasteiger partial charge in [-0.25, -0.2) is 4.39 Å². The third-order valence-corrected chi connectivity index (χ3v) is 4.05. The molecule has 0 bridgehead atoms. The van der Waals surface area contributed by atoms with E-state index in [1.807, 2.05) is 12.1 Å². The molecule has 0 aliphatic rings. The quantitative estimate of drug-likeness (QED) is 0.788. The van der Waals surface area contributed by atoms with E-state index in [2.05, 4.69) is 53.3 Å². The first-order valence-electron chi connectivity index (χ1n) is 6.38. The van der Waals surface area contributed by atoms with Crippen LogP contribution in [0, 0.1) is 12.7 Å². The molecule has 1 unspecified atom stereocenters. The number of benzene rings is 2. The molecule has 1 nitrogen and oxygen atoms in total. The maximum atomic E-state index is 13.0. The molecule has 1 atom stereocenters. The van der Waals surface area contributed by atoms with Gasteiger partial charge >= 0.3 is 0 Å². The van der Waals surface area contributed by atoms with Gasteiger partial charge in [0, 0.05) is 10.2 Å². The summed E-state index contributed by atoms with van der Waals surface area (Å²) in [5.41, 5.74) is 3.37. The predicted octanol–water partition coefficient (Wildman–Crippen LogP) is 5.46. The van der Waals surface area contributed by atoms with E-state index in [9.17, 15) is 4.39 Å². The zero-order valence-electron chi connectivity index (χ0n) is 11.1. The zero-order chi connectivity index (χ0) is 13.8. The second kappa shape index (κ2) is 6.20. The van der Waals surface area contributed by atoms with Crippen molar-refractivity contribution in [1.82, 2.24) is 0 Å². The number of hydrogen-bond acceptors (Lipinski definition) is 1. The molecule has 3 heteroatoms. The Hall–Kier alpha value is -1.35. The van der Waals surface area contributed by atoms with Gasteiger partial charge in [0.1, 0.15) is 5.82 Å². The molecule has 0 radical (unpaired) electrons. The standard InChI is InChI=1S/C16H17BrFN/c1-3-16(12-5-7-13(18)8-6-12)19-14-9-4-11(2)15(17)10-14/h4-10,16,19H,3H2,1-2H3. The van der Waals surface area contributed by atoms with Crippen LogP contribution in [-0.4, -0.2) is 0 Å². The van der Waals surface area contributed by atoms with Gasteiger partial charge in [-0.3, -0.25) is 0 Å². The third-order valence-electron chi connectivity index (χ3n) is 3.19. The van der Waals surface area contributed by atoms with Crippen molar-refractivity contribution >= 4 is 21.6 Å². The summed E-state index contributed by atoms with van der Waals surface area (Å²) in [6.07, 6.45) is 0.942. The smallest absolute Gasteiger partial charge is 0.123 e. The second-order valence-electron chi connectivity index (χ2n) is 4.62. The summed E-state index contributed by atoms with van der Waals surface area (Å²) in [4.78, 5) is 0. The van der Waals surface area contributed by atoms with E-state index in [1.165, 1.54) is 17.7 Å². The number of hydrogen-bond donors (Lipinski definition) is 1. The van der Waals surface area contributed by atoms with Crippen molar-refractivity contribution in [2.45, 2.75) is 26.3 Å². The highest BCUT2D eigenvalue weighted by Crippen LogP contribution is 2.26. The molecule has 100 valence electrons. The van der Waals surface area contributed by atoms with Gasteiger partial charge in [-0.1, -0.05) is 41.1 Å². The van der Waals surface area contributed by atoms with Crippen LogP contribution >= 0.6 is 15.9 Å². The summed E-state index contributed by atoms with van der Waals surface area (Å²) in [7, 11) is 0. The average molecular weight is 322 g/mol. The van der Waals surface area contributed by atoms with E-state index >= 15 is 0 Å². The number of aryl methyl sites for hydroxylation is 1. The third kappa shape index (κ3) is 3.57. The van der Waals surface area contributed by atoms with Crippen LogP contribution in [0.3, 0.4) is 0 Å². The molecule has 2 aromatic carbocycles. The Balaban J connectivity index is 2.18. The van der Waals surface area contributed by atoms with E-state index in [0.717, 1.165) is 22.1 Å². The van der Waals surface area contributed by atoms with Gasteiger partial charge in [0.2, 0.25) is 0 Å².